The highest BCUT2D eigenvalue weighted by Gasteiger charge is 2.31. The van der Waals surface area contributed by atoms with Gasteiger partial charge in [0.05, 0.1) is 5.56 Å². The van der Waals surface area contributed by atoms with Crippen molar-refractivity contribution in [3.8, 4) is 5.75 Å². The molecule has 3 rings (SSSR count). The standard InChI is InChI=1S/C20H20ClF3N4O4/c21-26-16(18(29)30)11-13-1-4-15(5-2-13)32-19(31)28-9-7-27(8-10-28)17-6-3-14(12-25-17)20(22,23)24/h1-6,12,16,26H,7-11H2,(H,29,30)/t16-/m0/s1. The van der Waals surface area contributed by atoms with Crippen LogP contribution in [-0.2, 0) is 17.4 Å². The van der Waals surface area contributed by atoms with E-state index in [1.54, 1.807) is 29.2 Å². The second-order valence-corrected chi connectivity index (χ2v) is 7.31. The Hall–Kier alpha value is -3.05. The van der Waals surface area contributed by atoms with Gasteiger partial charge in [0.25, 0.3) is 0 Å². The fourth-order valence-corrected chi connectivity index (χ4v) is 3.30. The molecule has 0 radical (unpaired) electrons. The van der Waals surface area contributed by atoms with Crippen molar-refractivity contribution >= 4 is 29.7 Å². The Bertz CT molecular complexity index is 933. The molecule has 12 heteroatoms. The highest BCUT2D eigenvalue weighted by atomic mass is 35.5. The molecule has 2 aromatic rings. The van der Waals surface area contributed by atoms with Gasteiger partial charge >= 0.3 is 18.2 Å². The molecule has 0 saturated carbocycles. The molecule has 0 unspecified atom stereocenters. The number of carboxylic acid groups (broad SMARTS) is 1. The van der Waals surface area contributed by atoms with Gasteiger partial charge in [-0.2, -0.15) is 13.2 Å². The zero-order chi connectivity index (χ0) is 23.3. The van der Waals surface area contributed by atoms with Crippen molar-refractivity contribution in [1.82, 2.24) is 14.7 Å². The number of ether oxygens (including phenoxy) is 1. The highest BCUT2D eigenvalue weighted by molar-refractivity contribution is 6.14. The van der Waals surface area contributed by atoms with E-state index in [-0.39, 0.29) is 6.42 Å². The Kier molecular flexibility index (Phi) is 7.41. The maximum atomic E-state index is 12.7. The predicted octanol–water partition coefficient (Wildman–Crippen LogP) is 3.16. The minimum Gasteiger partial charge on any atom is -0.480 e. The van der Waals surface area contributed by atoms with Gasteiger partial charge in [-0.15, -0.1) is 0 Å². The maximum absolute atomic E-state index is 12.7. The third kappa shape index (κ3) is 6.01. The maximum Gasteiger partial charge on any atom is 0.417 e. The molecule has 1 aromatic carbocycles. The van der Waals surface area contributed by atoms with Crippen LogP contribution in [0.5, 0.6) is 5.75 Å². The number of carbonyl (C=O) groups is 2. The predicted molar refractivity (Wildman–Crippen MR) is 110 cm³/mol. The average Bonchev–Trinajstić information content (AvgIpc) is 2.78. The minimum atomic E-state index is -4.44. The molecule has 1 aliphatic heterocycles. The molecular weight excluding hydrogens is 453 g/mol. The first-order chi connectivity index (χ1) is 15.2. The van der Waals surface area contributed by atoms with E-state index in [4.69, 9.17) is 21.6 Å². The molecule has 1 atom stereocenters. The van der Waals surface area contributed by atoms with Crippen molar-refractivity contribution in [3.05, 3.63) is 53.7 Å². The van der Waals surface area contributed by atoms with Crippen molar-refractivity contribution in [3.63, 3.8) is 0 Å². The normalized spacial score (nSPS) is 15.4. The topological polar surface area (TPSA) is 95.0 Å². The number of amides is 1. The zero-order valence-electron chi connectivity index (χ0n) is 16.7. The van der Waals surface area contributed by atoms with Gasteiger partial charge in [-0.3, -0.25) is 4.79 Å². The first-order valence-electron chi connectivity index (χ1n) is 9.60. The summed E-state index contributed by atoms with van der Waals surface area (Å²) in [6.45, 7) is 1.44. The fourth-order valence-electron chi connectivity index (χ4n) is 3.13. The minimum absolute atomic E-state index is 0.160. The summed E-state index contributed by atoms with van der Waals surface area (Å²) < 4.78 is 43.3. The Morgan fingerprint density at radius 3 is 2.28 bits per heavy atom. The molecule has 8 nitrogen and oxygen atoms in total. The summed E-state index contributed by atoms with van der Waals surface area (Å²) in [5, 5.41) is 9.01. The number of pyridine rings is 1. The first-order valence-corrected chi connectivity index (χ1v) is 9.98. The molecule has 1 amide bonds. The van der Waals surface area contributed by atoms with Gasteiger partial charge in [-0.05, 0) is 48.0 Å². The van der Waals surface area contributed by atoms with Gasteiger partial charge in [0, 0.05) is 32.4 Å². The van der Waals surface area contributed by atoms with Gasteiger partial charge in [0.2, 0.25) is 0 Å². The summed E-state index contributed by atoms with van der Waals surface area (Å²) in [5.41, 5.74) is -0.116. The van der Waals surface area contributed by atoms with E-state index in [1.807, 2.05) is 0 Å². The van der Waals surface area contributed by atoms with Crippen LogP contribution in [0.3, 0.4) is 0 Å². The van der Waals surface area contributed by atoms with Crippen molar-refractivity contribution in [2.24, 2.45) is 0 Å². The number of hydrogen-bond donors (Lipinski definition) is 2. The van der Waals surface area contributed by atoms with Crippen molar-refractivity contribution in [2.75, 3.05) is 31.1 Å². The molecule has 2 heterocycles. The molecule has 32 heavy (non-hydrogen) atoms. The van der Waals surface area contributed by atoms with E-state index in [1.165, 1.54) is 11.0 Å². The van der Waals surface area contributed by atoms with Crippen LogP contribution in [0.15, 0.2) is 42.6 Å². The molecular formula is C20H20ClF3N4O4. The lowest BCUT2D eigenvalue weighted by Crippen LogP contribution is -2.49. The number of anilines is 1. The van der Waals surface area contributed by atoms with Gasteiger partial charge in [0.15, 0.2) is 0 Å². The van der Waals surface area contributed by atoms with Crippen molar-refractivity contribution < 1.29 is 32.6 Å². The number of hydrogen-bond acceptors (Lipinski definition) is 6. The van der Waals surface area contributed by atoms with Crippen LogP contribution in [0.1, 0.15) is 11.1 Å². The van der Waals surface area contributed by atoms with Gasteiger partial charge in [-0.25, -0.2) is 14.6 Å². The lowest BCUT2D eigenvalue weighted by molar-refractivity contribution is -0.139. The van der Waals surface area contributed by atoms with Crippen LogP contribution in [-0.4, -0.2) is 59.3 Å². The molecule has 0 aliphatic carbocycles. The number of halogens is 4. The number of carboxylic acids is 1. The first kappa shape index (κ1) is 23.6. The number of aromatic nitrogens is 1. The summed E-state index contributed by atoms with van der Waals surface area (Å²) in [5.74, 6) is -0.370. The molecule has 2 N–H and O–H groups in total. The van der Waals surface area contributed by atoms with Crippen LogP contribution >= 0.6 is 11.8 Å². The molecule has 1 saturated heterocycles. The molecule has 1 aromatic heterocycles. The quantitative estimate of drug-likeness (QED) is 0.623. The summed E-state index contributed by atoms with van der Waals surface area (Å²) in [6, 6.07) is 7.75. The third-order valence-electron chi connectivity index (χ3n) is 4.94. The highest BCUT2D eigenvalue weighted by Crippen LogP contribution is 2.29. The van der Waals surface area contributed by atoms with E-state index >= 15 is 0 Å². The number of rotatable bonds is 6. The number of nitrogens with one attached hydrogen (secondary N) is 1. The van der Waals surface area contributed by atoms with Crippen molar-refractivity contribution in [1.29, 1.82) is 0 Å². The van der Waals surface area contributed by atoms with Crippen LogP contribution < -0.4 is 14.5 Å². The smallest absolute Gasteiger partial charge is 0.417 e. The summed E-state index contributed by atoms with van der Waals surface area (Å²) in [7, 11) is 0. The van der Waals surface area contributed by atoms with Gasteiger partial charge in [-0.1, -0.05) is 12.1 Å². The van der Waals surface area contributed by atoms with E-state index in [2.05, 4.69) is 9.82 Å². The lowest BCUT2D eigenvalue weighted by atomic mass is 10.1. The van der Waals surface area contributed by atoms with E-state index in [9.17, 15) is 22.8 Å². The number of aliphatic carboxylic acids is 1. The number of carbonyl (C=O) groups excluding carboxylic acids is 1. The Morgan fingerprint density at radius 2 is 1.78 bits per heavy atom. The monoisotopic (exact) mass is 472 g/mol. The van der Waals surface area contributed by atoms with E-state index < -0.39 is 29.8 Å². The van der Waals surface area contributed by atoms with Gasteiger partial charge in [0.1, 0.15) is 17.6 Å². The Balaban J connectivity index is 1.50. The molecule has 1 fully saturated rings. The number of alkyl halides is 3. The largest absolute Gasteiger partial charge is 0.480 e. The lowest BCUT2D eigenvalue weighted by Gasteiger charge is -2.34. The fraction of sp³-hybridized carbons (Fsp3) is 0.350. The average molecular weight is 473 g/mol. The molecule has 0 bridgehead atoms. The van der Waals surface area contributed by atoms with Crippen LogP contribution in [0.25, 0.3) is 0 Å². The van der Waals surface area contributed by atoms with Gasteiger partial charge < -0.3 is 19.6 Å². The second kappa shape index (κ2) is 10.0. The second-order valence-electron chi connectivity index (χ2n) is 7.09. The molecule has 0 spiro atoms. The zero-order valence-corrected chi connectivity index (χ0v) is 17.4. The number of benzene rings is 1. The summed E-state index contributed by atoms with van der Waals surface area (Å²) in [6.07, 6.45) is -4.04. The van der Waals surface area contributed by atoms with E-state index in [0.29, 0.717) is 43.3 Å². The number of nitrogens with zero attached hydrogens (tertiary/aromatic N) is 3. The number of piperazine rings is 1. The van der Waals surface area contributed by atoms with Crippen molar-refractivity contribution in [2.45, 2.75) is 18.6 Å². The SMILES string of the molecule is O=C(O)[C@H](Cc1ccc(OC(=O)N2CCN(c3ccc(C(F)(F)F)cn3)CC2)cc1)NCl. The van der Waals surface area contributed by atoms with E-state index in [0.717, 1.165) is 12.3 Å². The Morgan fingerprint density at radius 1 is 1.12 bits per heavy atom. The summed E-state index contributed by atoms with van der Waals surface area (Å²) in [4.78, 5) is 32.8. The molecule has 1 aliphatic rings. The summed E-state index contributed by atoms with van der Waals surface area (Å²) >= 11 is 5.41. The Labute approximate surface area is 186 Å². The van der Waals surface area contributed by atoms with Crippen LogP contribution in [0, 0.1) is 0 Å². The molecule has 172 valence electrons. The third-order valence-corrected chi connectivity index (χ3v) is 5.20. The van der Waals surface area contributed by atoms with Crippen LogP contribution in [0.4, 0.5) is 23.8 Å². The van der Waals surface area contributed by atoms with Crippen LogP contribution in [0.2, 0.25) is 0 Å².